The van der Waals surface area contributed by atoms with Crippen LogP contribution < -0.4 is 16.0 Å². The maximum Gasteiger partial charge on any atom is 0.408 e. The van der Waals surface area contributed by atoms with Gasteiger partial charge in [0.25, 0.3) is 11.8 Å². The van der Waals surface area contributed by atoms with E-state index in [1.807, 2.05) is 30.3 Å². The van der Waals surface area contributed by atoms with Crippen molar-refractivity contribution in [2.75, 3.05) is 12.4 Å². The van der Waals surface area contributed by atoms with E-state index in [2.05, 4.69) is 40.6 Å². The zero-order valence-corrected chi connectivity index (χ0v) is 35.9. The average Bonchev–Trinajstić information content (AvgIpc) is 3.56. The van der Waals surface area contributed by atoms with Crippen LogP contribution in [-0.2, 0) is 46.4 Å². The lowest BCUT2D eigenvalue weighted by Crippen LogP contribution is -2.48. The Labute approximate surface area is 333 Å². The number of ether oxygens (including phenoxy) is 3. The lowest BCUT2D eigenvalue weighted by Gasteiger charge is -2.24. The molecule has 3 amide bonds. The van der Waals surface area contributed by atoms with Crippen LogP contribution in [0.5, 0.6) is 0 Å². The zero-order chi connectivity index (χ0) is 41.2. The summed E-state index contributed by atoms with van der Waals surface area (Å²) in [5, 5.41) is 9.73. The third-order valence-corrected chi connectivity index (χ3v) is 10.9. The molecule has 1 heterocycles. The number of aromatic nitrogens is 1. The van der Waals surface area contributed by atoms with Crippen molar-refractivity contribution in [3.8, 4) is 0 Å². The number of carbonyl (C=O) groups is 6. The number of benzene rings is 1. The monoisotopic (exact) mass is 816 g/mol. The summed E-state index contributed by atoms with van der Waals surface area (Å²) in [5.41, 5.74) is 0.179. The van der Waals surface area contributed by atoms with Crippen LogP contribution in [0.15, 0.2) is 59.6 Å². The Morgan fingerprint density at radius 1 is 1.04 bits per heavy atom. The van der Waals surface area contributed by atoms with Gasteiger partial charge in [-0.15, -0.1) is 11.3 Å². The normalized spacial score (nSPS) is 13.2. The quantitative estimate of drug-likeness (QED) is 0.0329. The van der Waals surface area contributed by atoms with Crippen LogP contribution in [0.3, 0.4) is 0 Å². The number of alkyl carbamates (subject to hydrolysis) is 1. The van der Waals surface area contributed by atoms with Crippen molar-refractivity contribution in [2.24, 2.45) is 5.92 Å². The Morgan fingerprint density at radius 2 is 1.73 bits per heavy atom. The van der Waals surface area contributed by atoms with E-state index in [4.69, 9.17) is 14.2 Å². The summed E-state index contributed by atoms with van der Waals surface area (Å²) < 4.78 is 16.4. The van der Waals surface area contributed by atoms with E-state index in [-0.39, 0.29) is 36.1 Å². The van der Waals surface area contributed by atoms with Gasteiger partial charge >= 0.3 is 18.0 Å². The first-order valence-electron chi connectivity index (χ1n) is 18.2. The molecule has 0 fully saturated rings. The van der Waals surface area contributed by atoms with E-state index in [1.165, 1.54) is 23.2 Å². The third-order valence-electron chi connectivity index (χ3n) is 7.40. The highest BCUT2D eigenvalue weighted by Gasteiger charge is 2.30. The van der Waals surface area contributed by atoms with Gasteiger partial charge < -0.3 is 30.2 Å². The molecule has 0 spiro atoms. The largest absolute Gasteiger partial charge is 0.466 e. The Balaban J connectivity index is 2.05. The number of carbonyl (C=O) groups excluding carboxylic acids is 6. The van der Waals surface area contributed by atoms with E-state index in [0.29, 0.717) is 23.6 Å². The fraction of sp³-hybridized carbons (Fsp3) is 0.513. The van der Waals surface area contributed by atoms with E-state index in [9.17, 15) is 28.8 Å². The molecule has 13 nitrogen and oxygen atoms in total. The molecule has 0 aliphatic carbocycles. The summed E-state index contributed by atoms with van der Waals surface area (Å²) in [5.74, 6) is -2.62. The van der Waals surface area contributed by atoms with Crippen molar-refractivity contribution in [3.63, 3.8) is 0 Å². The van der Waals surface area contributed by atoms with Gasteiger partial charge in [0.2, 0.25) is 0 Å². The highest BCUT2D eigenvalue weighted by Crippen LogP contribution is 2.16. The van der Waals surface area contributed by atoms with Crippen molar-refractivity contribution in [3.05, 3.63) is 75.9 Å². The van der Waals surface area contributed by atoms with Crippen LogP contribution in [-0.4, -0.2) is 78.1 Å². The number of rotatable bonds is 20. The number of esters is 2. The SMILES string of the molecule is C/C=C(\NC(=O)c1csc(CNC(=O)OC(C)(C)C)n1)C(=O)N[C@H](C(=O)O[C@H](/C=C/CCSC(=O)Cc1ccccc1)CC(=O)OCC[Si](C)(C)C)C(C)C. The Bertz CT molecular complexity index is 1660. The minimum absolute atomic E-state index is 0.0308. The summed E-state index contributed by atoms with van der Waals surface area (Å²) in [4.78, 5) is 81.3. The Hall–Kier alpha value is -4.28. The topological polar surface area (TPSA) is 179 Å². The molecule has 1 aromatic heterocycles. The second kappa shape index (κ2) is 22.9. The second-order valence-corrected chi connectivity index (χ2v) is 22.9. The third kappa shape index (κ3) is 19.7. The average molecular weight is 817 g/mol. The van der Waals surface area contributed by atoms with Gasteiger partial charge in [-0.2, -0.15) is 0 Å². The fourth-order valence-electron chi connectivity index (χ4n) is 4.49. The molecule has 0 saturated carbocycles. The minimum Gasteiger partial charge on any atom is -0.466 e. The number of nitrogens with zero attached hydrogens (tertiary/aromatic N) is 1. The molecular formula is C39H56N4O9S2Si. The standard InChI is InChI=1S/C39H56N4O9S2Si/c1-10-29(42-36(47)30-25-54-31(41-30)24-40-38(49)52-39(4,5)6)35(46)43-34(26(2)3)37(48)51-28(23-32(44)50-19-21-55(7,8)9)18-14-15-20-53-33(45)22-27-16-12-11-13-17-27/h10-14,16-18,25-26,28,34H,15,19-24H2,1-9H3,(H,40,49)(H,42,47)(H,43,46)/b18-14+,29-10-/t28-,34+/m1/s1. The molecule has 0 radical (unpaired) electrons. The van der Waals surface area contributed by atoms with Gasteiger partial charge in [0.15, 0.2) is 5.12 Å². The molecule has 55 heavy (non-hydrogen) atoms. The van der Waals surface area contributed by atoms with Crippen molar-refractivity contribution in [1.29, 1.82) is 0 Å². The molecule has 0 aliphatic rings. The maximum atomic E-state index is 13.5. The van der Waals surface area contributed by atoms with E-state index >= 15 is 0 Å². The van der Waals surface area contributed by atoms with Gasteiger partial charge in [-0.25, -0.2) is 14.6 Å². The molecule has 2 aromatic rings. The van der Waals surface area contributed by atoms with Gasteiger partial charge in [-0.3, -0.25) is 19.2 Å². The first-order chi connectivity index (χ1) is 25.8. The Kier molecular flexibility index (Phi) is 19.6. The molecule has 0 saturated heterocycles. The molecule has 1 aromatic carbocycles. The van der Waals surface area contributed by atoms with Crippen LogP contribution in [0, 0.1) is 5.92 Å². The molecule has 0 bridgehead atoms. The molecule has 2 atom stereocenters. The molecule has 0 unspecified atom stereocenters. The van der Waals surface area contributed by atoms with E-state index < -0.39 is 61.6 Å². The van der Waals surface area contributed by atoms with E-state index in [0.717, 1.165) is 22.9 Å². The highest BCUT2D eigenvalue weighted by molar-refractivity contribution is 8.13. The highest BCUT2D eigenvalue weighted by atomic mass is 32.2. The molecule has 0 aliphatic heterocycles. The van der Waals surface area contributed by atoms with Gasteiger partial charge in [-0.1, -0.05) is 87.7 Å². The number of nitrogens with one attached hydrogen (secondary N) is 3. The number of hydrogen-bond donors (Lipinski definition) is 3. The predicted octanol–water partition coefficient (Wildman–Crippen LogP) is 6.57. The van der Waals surface area contributed by atoms with Crippen LogP contribution in [0.2, 0.25) is 25.7 Å². The molecule has 16 heteroatoms. The van der Waals surface area contributed by atoms with Crippen molar-refractivity contribution >= 4 is 66.1 Å². The summed E-state index contributed by atoms with van der Waals surface area (Å²) in [7, 11) is -1.45. The van der Waals surface area contributed by atoms with Gasteiger partial charge in [0, 0.05) is 25.6 Å². The fourth-order valence-corrected chi connectivity index (χ4v) is 6.67. The van der Waals surface area contributed by atoms with Crippen molar-refractivity contribution in [1.82, 2.24) is 20.9 Å². The summed E-state index contributed by atoms with van der Waals surface area (Å²) in [6, 6.07) is 9.12. The lowest BCUT2D eigenvalue weighted by molar-refractivity contribution is -0.156. The first-order valence-corrected chi connectivity index (χ1v) is 23.8. The lowest BCUT2D eigenvalue weighted by atomic mass is 10.0. The summed E-state index contributed by atoms with van der Waals surface area (Å²) in [6.07, 6.45) is 3.70. The van der Waals surface area contributed by atoms with Gasteiger partial charge in [-0.05, 0) is 57.7 Å². The van der Waals surface area contributed by atoms with Gasteiger partial charge in [0.05, 0.1) is 19.6 Å². The number of amides is 3. The molecule has 3 N–H and O–H groups in total. The number of thioether (sulfide) groups is 1. The number of hydrogen-bond acceptors (Lipinski definition) is 12. The summed E-state index contributed by atoms with van der Waals surface area (Å²) >= 11 is 2.35. The molecule has 302 valence electrons. The van der Waals surface area contributed by atoms with Gasteiger partial charge in [0.1, 0.15) is 34.1 Å². The van der Waals surface area contributed by atoms with E-state index in [1.54, 1.807) is 53.7 Å². The smallest absolute Gasteiger partial charge is 0.408 e. The Morgan fingerprint density at radius 3 is 2.35 bits per heavy atom. The first kappa shape index (κ1) is 46.9. The van der Waals surface area contributed by atoms with Crippen LogP contribution in [0.25, 0.3) is 0 Å². The predicted molar refractivity (Wildman–Crippen MR) is 218 cm³/mol. The molecular weight excluding hydrogens is 761 g/mol. The summed E-state index contributed by atoms with van der Waals surface area (Å²) in [6.45, 7) is 17.1. The van der Waals surface area contributed by atoms with Crippen molar-refractivity contribution in [2.45, 2.75) is 111 Å². The van der Waals surface area contributed by atoms with Crippen LogP contribution >= 0.6 is 23.1 Å². The maximum absolute atomic E-state index is 13.5. The molecule has 2 rings (SSSR count). The zero-order valence-electron chi connectivity index (χ0n) is 33.3. The number of allylic oxidation sites excluding steroid dienone is 2. The van der Waals surface area contributed by atoms with Crippen LogP contribution in [0.1, 0.15) is 75.4 Å². The van der Waals surface area contributed by atoms with Crippen molar-refractivity contribution < 1.29 is 43.0 Å². The minimum atomic E-state index is -1.45. The number of thiazole rings is 1. The second-order valence-electron chi connectivity index (χ2n) is 15.1. The van der Waals surface area contributed by atoms with Crippen LogP contribution in [0.4, 0.5) is 4.79 Å².